The lowest BCUT2D eigenvalue weighted by Gasteiger charge is -2.26. The predicted octanol–water partition coefficient (Wildman–Crippen LogP) is 3.21. The average molecular weight is 341 g/mol. The smallest absolute Gasteiger partial charge is 0.319 e. The second kappa shape index (κ2) is 6.88. The largest absolute Gasteiger partial charge is 0.333 e. The minimum Gasteiger partial charge on any atom is -0.333 e. The van der Waals surface area contributed by atoms with Gasteiger partial charge in [0.25, 0.3) is 0 Å². The number of hydrogen-bond donors (Lipinski definition) is 2. The first kappa shape index (κ1) is 17.5. The number of carbonyl (C=O) groups excluding carboxylic acids is 1. The monoisotopic (exact) mass is 341 g/mol. The number of nitrogens with one attached hydrogen (secondary N) is 2. The molecule has 0 radical (unpaired) electrons. The Bertz CT molecular complexity index is 719. The van der Waals surface area contributed by atoms with Gasteiger partial charge in [-0.1, -0.05) is 30.3 Å². The maximum Gasteiger partial charge on any atom is 0.319 e. The van der Waals surface area contributed by atoms with Crippen LogP contribution in [0.15, 0.2) is 42.7 Å². The van der Waals surface area contributed by atoms with Crippen molar-refractivity contribution in [2.45, 2.75) is 44.8 Å². The quantitative estimate of drug-likeness (QED) is 0.901. The molecule has 6 nitrogen and oxygen atoms in total. The van der Waals surface area contributed by atoms with Crippen molar-refractivity contribution in [3.8, 4) is 0 Å². The van der Waals surface area contributed by atoms with E-state index >= 15 is 0 Å². The third kappa shape index (κ3) is 4.02. The van der Waals surface area contributed by atoms with Gasteiger partial charge in [-0.05, 0) is 39.8 Å². The Balaban J connectivity index is 1.65. The number of nitrogens with zero attached hydrogens (tertiary/aromatic N) is 3. The molecule has 1 aliphatic rings. The van der Waals surface area contributed by atoms with Crippen molar-refractivity contribution in [3.63, 3.8) is 0 Å². The van der Waals surface area contributed by atoms with Crippen molar-refractivity contribution in [1.82, 2.24) is 20.0 Å². The number of anilines is 1. The molecule has 1 fully saturated rings. The molecule has 2 aromatic rings. The van der Waals surface area contributed by atoms with Gasteiger partial charge in [-0.25, -0.2) is 4.79 Å². The van der Waals surface area contributed by atoms with E-state index in [1.807, 2.05) is 29.1 Å². The molecule has 25 heavy (non-hydrogen) atoms. The molecule has 2 heterocycles. The van der Waals surface area contributed by atoms with Crippen LogP contribution in [0.3, 0.4) is 0 Å². The van der Waals surface area contributed by atoms with Crippen molar-refractivity contribution in [2.24, 2.45) is 0 Å². The van der Waals surface area contributed by atoms with E-state index in [-0.39, 0.29) is 23.7 Å². The van der Waals surface area contributed by atoms with Crippen LogP contribution in [-0.4, -0.2) is 40.3 Å². The molecule has 3 rings (SSSR count). The van der Waals surface area contributed by atoms with Gasteiger partial charge in [0.1, 0.15) is 0 Å². The lowest BCUT2D eigenvalue weighted by Crippen LogP contribution is -2.41. The second-order valence-corrected chi connectivity index (χ2v) is 7.67. The predicted molar refractivity (Wildman–Crippen MR) is 99.6 cm³/mol. The van der Waals surface area contributed by atoms with Gasteiger partial charge in [0.2, 0.25) is 0 Å². The zero-order chi connectivity index (χ0) is 18.0. The summed E-state index contributed by atoms with van der Waals surface area (Å²) in [5.41, 5.74) is 1.83. The van der Waals surface area contributed by atoms with Crippen LogP contribution >= 0.6 is 0 Å². The molecular weight excluding hydrogens is 314 g/mol. The van der Waals surface area contributed by atoms with Crippen molar-refractivity contribution >= 4 is 11.7 Å². The third-order valence-electron chi connectivity index (χ3n) is 4.63. The van der Waals surface area contributed by atoms with Crippen LogP contribution in [-0.2, 0) is 5.54 Å². The summed E-state index contributed by atoms with van der Waals surface area (Å²) in [6.07, 6.45) is 4.47. The van der Waals surface area contributed by atoms with Crippen LogP contribution in [0.4, 0.5) is 10.5 Å². The number of carbonyl (C=O) groups is 1. The molecule has 0 unspecified atom stereocenters. The fourth-order valence-corrected chi connectivity index (χ4v) is 3.32. The normalized spacial score (nSPS) is 21.3. The fourth-order valence-electron chi connectivity index (χ4n) is 3.32. The van der Waals surface area contributed by atoms with Crippen LogP contribution < -0.4 is 10.6 Å². The van der Waals surface area contributed by atoms with Gasteiger partial charge < -0.3 is 10.6 Å². The van der Waals surface area contributed by atoms with E-state index in [0.29, 0.717) is 5.69 Å². The third-order valence-corrected chi connectivity index (χ3v) is 4.63. The number of rotatable bonds is 3. The Hall–Kier alpha value is -2.34. The summed E-state index contributed by atoms with van der Waals surface area (Å²) < 4.78 is 1.85. The lowest BCUT2D eigenvalue weighted by molar-refractivity contribution is 0.240. The number of hydrogen-bond acceptors (Lipinski definition) is 3. The van der Waals surface area contributed by atoms with Crippen molar-refractivity contribution in [2.75, 3.05) is 18.9 Å². The van der Waals surface area contributed by atoms with Crippen molar-refractivity contribution in [3.05, 3.63) is 48.3 Å². The van der Waals surface area contributed by atoms with E-state index < -0.39 is 0 Å². The van der Waals surface area contributed by atoms with Gasteiger partial charge in [-0.15, -0.1) is 0 Å². The molecule has 0 spiro atoms. The SMILES string of the molecule is CN1CC[C@H](NC(=O)Nc2cnn(C(C)(C)C)c2)[C@H]1c1ccccc1. The Morgan fingerprint density at radius 1 is 1.24 bits per heavy atom. The maximum absolute atomic E-state index is 12.4. The number of urea groups is 1. The molecule has 134 valence electrons. The molecule has 1 aromatic carbocycles. The minimum atomic E-state index is -0.185. The van der Waals surface area contributed by atoms with Gasteiger partial charge in [0.15, 0.2) is 0 Å². The van der Waals surface area contributed by atoms with Crippen LogP contribution in [0.25, 0.3) is 0 Å². The standard InChI is InChI=1S/C19H27N5O/c1-19(2,3)24-13-15(12-20-24)21-18(25)22-16-10-11-23(4)17(16)14-8-6-5-7-9-14/h5-9,12-13,16-17H,10-11H2,1-4H3,(H2,21,22,25)/t16-,17+/m0/s1. The van der Waals surface area contributed by atoms with Crippen LogP contribution in [0.2, 0.25) is 0 Å². The van der Waals surface area contributed by atoms with Crippen LogP contribution in [0, 0.1) is 0 Å². The first-order valence-electron chi connectivity index (χ1n) is 8.72. The van der Waals surface area contributed by atoms with Crippen molar-refractivity contribution < 1.29 is 4.79 Å². The molecule has 6 heteroatoms. The number of benzene rings is 1. The summed E-state index contributed by atoms with van der Waals surface area (Å²) in [4.78, 5) is 14.7. The highest BCUT2D eigenvalue weighted by molar-refractivity contribution is 5.89. The number of amides is 2. The van der Waals surface area contributed by atoms with Gasteiger partial charge in [-0.2, -0.15) is 5.10 Å². The molecule has 2 N–H and O–H groups in total. The molecular formula is C19H27N5O. The van der Waals surface area contributed by atoms with Gasteiger partial charge in [0, 0.05) is 12.7 Å². The molecule has 0 aliphatic carbocycles. The van der Waals surface area contributed by atoms with E-state index in [1.54, 1.807) is 6.20 Å². The Labute approximate surface area is 149 Å². The van der Waals surface area contributed by atoms with E-state index in [4.69, 9.17) is 0 Å². The van der Waals surface area contributed by atoms with Crippen LogP contribution in [0.5, 0.6) is 0 Å². The summed E-state index contributed by atoms with van der Waals surface area (Å²) >= 11 is 0. The molecule has 1 saturated heterocycles. The van der Waals surface area contributed by atoms with E-state index in [2.05, 4.69) is 60.6 Å². The van der Waals surface area contributed by atoms with E-state index in [9.17, 15) is 4.79 Å². The van der Waals surface area contributed by atoms with E-state index in [1.165, 1.54) is 5.56 Å². The maximum atomic E-state index is 12.4. The molecule has 1 aromatic heterocycles. The molecule has 0 saturated carbocycles. The zero-order valence-electron chi connectivity index (χ0n) is 15.4. The minimum absolute atomic E-state index is 0.0880. The van der Waals surface area contributed by atoms with Gasteiger partial charge in [0.05, 0.1) is 29.5 Å². The molecule has 1 aliphatic heterocycles. The summed E-state index contributed by atoms with van der Waals surface area (Å²) in [6, 6.07) is 10.4. The number of likely N-dealkylation sites (tertiary alicyclic amines) is 1. The van der Waals surface area contributed by atoms with Gasteiger partial charge in [-0.3, -0.25) is 9.58 Å². The van der Waals surface area contributed by atoms with Gasteiger partial charge >= 0.3 is 6.03 Å². The first-order chi connectivity index (χ1) is 11.8. The Morgan fingerprint density at radius 2 is 1.96 bits per heavy atom. The number of aromatic nitrogens is 2. The topological polar surface area (TPSA) is 62.2 Å². The highest BCUT2D eigenvalue weighted by Crippen LogP contribution is 2.30. The van der Waals surface area contributed by atoms with Crippen molar-refractivity contribution in [1.29, 1.82) is 0 Å². The van der Waals surface area contributed by atoms with Crippen LogP contribution in [0.1, 0.15) is 38.8 Å². The molecule has 2 amide bonds. The Morgan fingerprint density at radius 3 is 2.60 bits per heavy atom. The average Bonchev–Trinajstić information content (AvgIpc) is 3.15. The number of likely N-dealkylation sites (N-methyl/N-ethyl adjacent to an activating group) is 1. The summed E-state index contributed by atoms with van der Waals surface area (Å²) in [6.45, 7) is 7.18. The molecule has 2 atom stereocenters. The summed E-state index contributed by atoms with van der Waals surface area (Å²) in [5.74, 6) is 0. The highest BCUT2D eigenvalue weighted by atomic mass is 16.2. The Kier molecular flexibility index (Phi) is 4.81. The zero-order valence-corrected chi connectivity index (χ0v) is 15.4. The first-order valence-corrected chi connectivity index (χ1v) is 8.72. The summed E-state index contributed by atoms with van der Waals surface area (Å²) in [5, 5.41) is 10.3. The molecule has 0 bridgehead atoms. The lowest BCUT2D eigenvalue weighted by atomic mass is 10.0. The second-order valence-electron chi connectivity index (χ2n) is 7.67. The highest BCUT2D eigenvalue weighted by Gasteiger charge is 2.33. The fraction of sp³-hybridized carbons (Fsp3) is 0.474. The summed E-state index contributed by atoms with van der Waals surface area (Å²) in [7, 11) is 2.10. The van der Waals surface area contributed by atoms with E-state index in [0.717, 1.165) is 13.0 Å².